The third-order valence-corrected chi connectivity index (χ3v) is 2.71. The van der Waals surface area contributed by atoms with Crippen molar-refractivity contribution in [3.05, 3.63) is 36.0 Å². The normalized spacial score (nSPS) is 19.9. The SMILES string of the molecule is C=I/[NH+]=C1\C=CC(CC)=CC1=C. The number of halogens is 1. The minimum Gasteiger partial charge on any atom is -0.190 e. The van der Waals surface area contributed by atoms with Crippen molar-refractivity contribution < 1.29 is 3.21 Å². The minimum absolute atomic E-state index is 0.142. The Balaban J connectivity index is 2.89. The van der Waals surface area contributed by atoms with Gasteiger partial charge in [-0.25, -0.2) is 0 Å². The molecule has 0 radical (unpaired) electrons. The van der Waals surface area contributed by atoms with Gasteiger partial charge in [-0.3, -0.25) is 0 Å². The average Bonchev–Trinajstić information content (AvgIpc) is 2.09. The van der Waals surface area contributed by atoms with Crippen LogP contribution in [0.2, 0.25) is 0 Å². The molecular weight excluding hydrogens is 261 g/mol. The monoisotopic (exact) mass is 274 g/mol. The predicted molar refractivity (Wildman–Crippen MR) is 63.8 cm³/mol. The third-order valence-electron chi connectivity index (χ3n) is 1.75. The molecule has 0 aromatic rings. The van der Waals surface area contributed by atoms with Crippen LogP contribution in [0.25, 0.3) is 0 Å². The zero-order chi connectivity index (χ0) is 8.97. The summed E-state index contributed by atoms with van der Waals surface area (Å²) in [6.45, 7) is 6.12. The van der Waals surface area contributed by atoms with Crippen LogP contribution in [0.15, 0.2) is 36.0 Å². The lowest BCUT2D eigenvalue weighted by Gasteiger charge is -2.03. The van der Waals surface area contributed by atoms with Crippen molar-refractivity contribution in [3.63, 3.8) is 0 Å². The summed E-state index contributed by atoms with van der Waals surface area (Å²) in [7, 11) is 0. The molecule has 1 rings (SSSR count). The van der Waals surface area contributed by atoms with Crippen LogP contribution in [0.4, 0.5) is 0 Å². The van der Waals surface area contributed by atoms with Crippen LogP contribution in [-0.4, -0.2) is 10.2 Å². The molecule has 1 N–H and O–H groups in total. The summed E-state index contributed by atoms with van der Waals surface area (Å²) < 4.78 is 7.10. The van der Waals surface area contributed by atoms with Crippen LogP contribution >= 0.6 is 21.0 Å². The van der Waals surface area contributed by atoms with Gasteiger partial charge in [0.1, 0.15) is 0 Å². The van der Waals surface area contributed by atoms with Crippen LogP contribution in [0, 0.1) is 0 Å². The lowest BCUT2D eigenvalue weighted by molar-refractivity contribution is -0.180. The predicted octanol–water partition coefficient (Wildman–Crippen LogP) is 1.29. The van der Waals surface area contributed by atoms with Gasteiger partial charge >= 0.3 is 0 Å². The molecule has 2 heteroatoms. The smallest absolute Gasteiger partial charge is 0.190 e. The van der Waals surface area contributed by atoms with Crippen LogP contribution in [-0.2, 0) is 0 Å². The summed E-state index contributed by atoms with van der Waals surface area (Å²) >= 11 is -0.142. The molecule has 0 saturated heterocycles. The van der Waals surface area contributed by atoms with Gasteiger partial charge < -0.3 is 0 Å². The van der Waals surface area contributed by atoms with Gasteiger partial charge in [-0.15, -0.1) is 0 Å². The van der Waals surface area contributed by atoms with Gasteiger partial charge in [0.25, 0.3) is 0 Å². The molecule has 1 aliphatic carbocycles. The second kappa shape index (κ2) is 4.50. The maximum atomic E-state index is 3.98. The average molecular weight is 274 g/mol. The molecule has 0 aromatic carbocycles. The highest BCUT2D eigenvalue weighted by atomic mass is 127. The molecule has 0 aromatic heterocycles. The van der Waals surface area contributed by atoms with Crippen LogP contribution in [0.3, 0.4) is 0 Å². The molecule has 0 fully saturated rings. The number of hydrogen-bond donors (Lipinski definition) is 1. The number of rotatable bonds is 2. The summed E-state index contributed by atoms with van der Waals surface area (Å²) in [5.41, 5.74) is 3.56. The minimum atomic E-state index is -0.142. The van der Waals surface area contributed by atoms with Gasteiger partial charge in [0.2, 0.25) is 26.7 Å². The molecule has 0 heterocycles. The highest BCUT2D eigenvalue weighted by Gasteiger charge is 2.09. The first kappa shape index (κ1) is 9.58. The van der Waals surface area contributed by atoms with E-state index in [0.717, 1.165) is 17.7 Å². The number of hydrogen-bond acceptors (Lipinski definition) is 0. The maximum absolute atomic E-state index is 3.98. The van der Waals surface area contributed by atoms with Crippen molar-refractivity contribution in [2.75, 3.05) is 0 Å². The van der Waals surface area contributed by atoms with Gasteiger partial charge in [-0.1, -0.05) is 19.6 Å². The molecule has 0 unspecified atom stereocenters. The van der Waals surface area contributed by atoms with E-state index in [0.29, 0.717) is 0 Å². The molecule has 0 amide bonds. The van der Waals surface area contributed by atoms with Gasteiger partial charge in [0.15, 0.2) is 0 Å². The van der Waals surface area contributed by atoms with Crippen molar-refractivity contribution in [1.82, 2.24) is 0 Å². The Labute approximate surface area is 83.7 Å². The Morgan fingerprint density at radius 2 is 2.25 bits per heavy atom. The second-order valence-corrected chi connectivity index (χ2v) is 3.88. The van der Waals surface area contributed by atoms with E-state index in [1.54, 1.807) is 0 Å². The summed E-state index contributed by atoms with van der Waals surface area (Å²) in [5.74, 6) is 0. The number of allylic oxidation sites excluding steroid dienone is 5. The fourth-order valence-electron chi connectivity index (χ4n) is 1.03. The standard InChI is InChI=1S/C10H12IN/c1-4-9-5-6-10(12-11-3)8(2)7-9/h5-7H,2-4H2,1H3/p+1/b12-10+. The van der Waals surface area contributed by atoms with E-state index in [4.69, 9.17) is 0 Å². The zero-order valence-electron chi connectivity index (χ0n) is 7.23. The molecule has 1 aliphatic rings. The molecule has 1 nitrogen and oxygen atoms in total. The summed E-state index contributed by atoms with van der Waals surface area (Å²) in [5, 5.41) is 0. The zero-order valence-corrected chi connectivity index (χ0v) is 9.39. The fourth-order valence-corrected chi connectivity index (χ4v) is 1.97. The fraction of sp³-hybridized carbons (Fsp3) is 0.200. The Hall–Kier alpha value is -0.510. The molecule has 0 bridgehead atoms. The lowest BCUT2D eigenvalue weighted by Crippen LogP contribution is -2.60. The Kier molecular flexibility index (Phi) is 3.59. The Bertz CT molecular complexity index is 295. The van der Waals surface area contributed by atoms with Crippen molar-refractivity contribution in [1.29, 1.82) is 0 Å². The number of nitrogens with one attached hydrogen (secondary N) is 1. The quantitative estimate of drug-likeness (QED) is 0.576. The van der Waals surface area contributed by atoms with E-state index in [9.17, 15) is 0 Å². The van der Waals surface area contributed by atoms with E-state index < -0.39 is 0 Å². The van der Waals surface area contributed by atoms with Crippen LogP contribution in [0.5, 0.6) is 0 Å². The molecule has 0 saturated carbocycles. The summed E-state index contributed by atoms with van der Waals surface area (Å²) in [6, 6.07) is 0. The maximum Gasteiger partial charge on any atom is 0.226 e. The second-order valence-electron chi connectivity index (χ2n) is 2.57. The lowest BCUT2D eigenvalue weighted by atomic mass is 10.0. The molecule has 0 aliphatic heterocycles. The Morgan fingerprint density at radius 1 is 1.50 bits per heavy atom. The first-order valence-corrected chi connectivity index (χ1v) is 6.46. The third kappa shape index (κ3) is 2.24. The first-order chi connectivity index (χ1) is 5.77. The molecule has 64 valence electrons. The van der Waals surface area contributed by atoms with Crippen LogP contribution in [0.1, 0.15) is 13.3 Å². The van der Waals surface area contributed by atoms with Crippen LogP contribution < -0.4 is 3.21 Å². The van der Waals surface area contributed by atoms with Crippen molar-refractivity contribution in [2.45, 2.75) is 13.3 Å². The van der Waals surface area contributed by atoms with E-state index in [1.165, 1.54) is 5.57 Å². The molecule has 12 heavy (non-hydrogen) atoms. The summed E-state index contributed by atoms with van der Waals surface area (Å²) in [4.78, 5) is 0. The van der Waals surface area contributed by atoms with Gasteiger partial charge in [-0.05, 0) is 22.6 Å². The van der Waals surface area contributed by atoms with Gasteiger partial charge in [0, 0.05) is 11.6 Å². The van der Waals surface area contributed by atoms with Crippen molar-refractivity contribution in [2.24, 2.45) is 0 Å². The van der Waals surface area contributed by atoms with Gasteiger partial charge in [-0.2, -0.15) is 3.21 Å². The van der Waals surface area contributed by atoms with Crippen molar-refractivity contribution in [3.8, 4) is 0 Å². The Morgan fingerprint density at radius 3 is 2.75 bits per heavy atom. The summed E-state index contributed by atoms with van der Waals surface area (Å²) in [6.07, 6.45) is 7.42. The highest BCUT2D eigenvalue weighted by molar-refractivity contribution is 14.1. The van der Waals surface area contributed by atoms with Gasteiger partial charge in [0.05, 0.1) is 0 Å². The molecular formula is C10H13IN+. The molecule has 0 atom stereocenters. The largest absolute Gasteiger partial charge is 0.226 e. The van der Waals surface area contributed by atoms with Crippen molar-refractivity contribution >= 4 is 31.2 Å². The topological polar surface area (TPSA) is 14.0 Å². The highest BCUT2D eigenvalue weighted by Crippen LogP contribution is 2.12. The van der Waals surface area contributed by atoms with E-state index in [1.807, 2.05) is 0 Å². The van der Waals surface area contributed by atoms with E-state index in [-0.39, 0.29) is 21.0 Å². The van der Waals surface area contributed by atoms with E-state index in [2.05, 4.69) is 39.5 Å². The first-order valence-electron chi connectivity index (χ1n) is 3.86. The van der Waals surface area contributed by atoms with E-state index >= 15 is 0 Å². The molecule has 0 spiro atoms.